The lowest BCUT2D eigenvalue weighted by atomic mass is 9.43. The Morgan fingerprint density at radius 1 is 0.923 bits per heavy atom. The minimum atomic E-state index is -1.44. The zero-order valence-electron chi connectivity index (χ0n) is 17.6. The lowest BCUT2D eigenvalue weighted by molar-refractivity contribution is -0.313. The standard InChI is InChI=1S/C24H42O2/c1-5-7-16(2)19-11-12-20-18-10-9-17-8-6-14-24(25,26)23(17,4)21(18)13-15-22(19,20)3/h16-21,25-26H,5-15H2,1-4H3/t16-,17?,18+,19-,20+,21+,22-,23+/m1/s1. The van der Waals surface area contributed by atoms with E-state index in [9.17, 15) is 10.2 Å². The van der Waals surface area contributed by atoms with E-state index in [1.165, 1.54) is 57.8 Å². The van der Waals surface area contributed by atoms with Gasteiger partial charge in [-0.1, -0.05) is 40.5 Å². The van der Waals surface area contributed by atoms with Crippen LogP contribution in [0.1, 0.15) is 98.3 Å². The van der Waals surface area contributed by atoms with Crippen LogP contribution in [0.2, 0.25) is 0 Å². The van der Waals surface area contributed by atoms with Gasteiger partial charge in [0.1, 0.15) is 0 Å². The fourth-order valence-corrected chi connectivity index (χ4v) is 8.99. The quantitative estimate of drug-likeness (QED) is 0.626. The number of rotatable bonds is 3. The molecular formula is C24H42O2. The fraction of sp³-hybridized carbons (Fsp3) is 1.00. The summed E-state index contributed by atoms with van der Waals surface area (Å²) < 4.78 is 0. The van der Waals surface area contributed by atoms with Crippen molar-refractivity contribution in [2.45, 2.75) is 104 Å². The predicted octanol–water partition coefficient (Wildman–Crippen LogP) is 5.76. The van der Waals surface area contributed by atoms with E-state index in [0.717, 1.165) is 30.1 Å². The summed E-state index contributed by atoms with van der Waals surface area (Å²) in [5.74, 6) is 2.89. The summed E-state index contributed by atoms with van der Waals surface area (Å²) in [6, 6.07) is 0. The molecule has 150 valence electrons. The number of fused-ring (bicyclic) bond motifs is 5. The Morgan fingerprint density at radius 2 is 1.69 bits per heavy atom. The first-order valence-electron chi connectivity index (χ1n) is 11.7. The molecule has 0 aromatic heterocycles. The van der Waals surface area contributed by atoms with Crippen molar-refractivity contribution in [2.24, 2.45) is 46.3 Å². The highest BCUT2D eigenvalue weighted by Crippen LogP contribution is 2.69. The van der Waals surface area contributed by atoms with E-state index in [0.29, 0.717) is 23.7 Å². The molecule has 0 aromatic rings. The average Bonchev–Trinajstić information content (AvgIpc) is 2.93. The highest BCUT2D eigenvalue weighted by Gasteiger charge is 2.65. The molecule has 0 aliphatic heterocycles. The van der Waals surface area contributed by atoms with Gasteiger partial charge in [0.05, 0.1) is 0 Å². The van der Waals surface area contributed by atoms with Gasteiger partial charge >= 0.3 is 0 Å². The molecule has 2 heteroatoms. The molecule has 1 unspecified atom stereocenters. The van der Waals surface area contributed by atoms with Gasteiger partial charge in [0.15, 0.2) is 5.79 Å². The van der Waals surface area contributed by atoms with Crippen LogP contribution in [-0.4, -0.2) is 16.0 Å². The lowest BCUT2D eigenvalue weighted by Crippen LogP contribution is -2.63. The van der Waals surface area contributed by atoms with Crippen molar-refractivity contribution in [1.29, 1.82) is 0 Å². The van der Waals surface area contributed by atoms with Crippen LogP contribution >= 0.6 is 0 Å². The largest absolute Gasteiger partial charge is 0.365 e. The van der Waals surface area contributed by atoms with E-state index in [4.69, 9.17) is 0 Å². The first-order chi connectivity index (χ1) is 12.3. The maximum atomic E-state index is 11.0. The third kappa shape index (κ3) is 2.50. The second-order valence-electron chi connectivity index (χ2n) is 11.1. The van der Waals surface area contributed by atoms with Crippen molar-refractivity contribution in [2.75, 3.05) is 0 Å². The Balaban J connectivity index is 1.62. The molecule has 26 heavy (non-hydrogen) atoms. The predicted molar refractivity (Wildman–Crippen MR) is 106 cm³/mol. The Bertz CT molecular complexity index is 528. The highest BCUT2D eigenvalue weighted by molar-refractivity contribution is 5.12. The zero-order valence-corrected chi connectivity index (χ0v) is 17.6. The second-order valence-corrected chi connectivity index (χ2v) is 11.1. The van der Waals surface area contributed by atoms with Crippen LogP contribution in [0.3, 0.4) is 0 Å². The Kier molecular flexibility index (Phi) is 4.79. The van der Waals surface area contributed by atoms with Crippen LogP contribution in [0.25, 0.3) is 0 Å². The Morgan fingerprint density at radius 3 is 2.42 bits per heavy atom. The van der Waals surface area contributed by atoms with E-state index in [-0.39, 0.29) is 5.41 Å². The molecule has 4 fully saturated rings. The summed E-state index contributed by atoms with van der Waals surface area (Å²) in [7, 11) is 0. The number of hydrogen-bond donors (Lipinski definition) is 2. The molecule has 8 atom stereocenters. The molecule has 4 aliphatic carbocycles. The van der Waals surface area contributed by atoms with Gasteiger partial charge in [-0.15, -0.1) is 0 Å². The first-order valence-corrected chi connectivity index (χ1v) is 11.7. The van der Waals surface area contributed by atoms with Crippen LogP contribution in [0.4, 0.5) is 0 Å². The third-order valence-corrected chi connectivity index (χ3v) is 10.3. The van der Waals surface area contributed by atoms with E-state index in [1.54, 1.807) is 0 Å². The fourth-order valence-electron chi connectivity index (χ4n) is 8.99. The van der Waals surface area contributed by atoms with Crippen LogP contribution in [-0.2, 0) is 0 Å². The maximum Gasteiger partial charge on any atom is 0.168 e. The molecule has 4 rings (SSSR count). The molecule has 0 saturated heterocycles. The van der Waals surface area contributed by atoms with Crippen molar-refractivity contribution < 1.29 is 10.2 Å². The van der Waals surface area contributed by atoms with E-state index in [1.807, 2.05) is 0 Å². The summed E-state index contributed by atoms with van der Waals surface area (Å²) in [6.45, 7) is 9.69. The van der Waals surface area contributed by atoms with Crippen molar-refractivity contribution in [3.8, 4) is 0 Å². The van der Waals surface area contributed by atoms with Gasteiger partial charge in [-0.2, -0.15) is 0 Å². The highest BCUT2D eigenvalue weighted by atomic mass is 16.5. The average molecular weight is 363 g/mol. The van der Waals surface area contributed by atoms with Crippen molar-refractivity contribution in [3.05, 3.63) is 0 Å². The van der Waals surface area contributed by atoms with Gasteiger partial charge in [0, 0.05) is 11.8 Å². The van der Waals surface area contributed by atoms with Crippen LogP contribution in [0.15, 0.2) is 0 Å². The second kappa shape index (κ2) is 6.48. The summed E-state index contributed by atoms with van der Waals surface area (Å²) in [4.78, 5) is 0. The lowest BCUT2D eigenvalue weighted by Gasteiger charge is -2.63. The van der Waals surface area contributed by atoms with E-state index >= 15 is 0 Å². The summed E-state index contributed by atoms with van der Waals surface area (Å²) >= 11 is 0. The molecule has 0 spiro atoms. The van der Waals surface area contributed by atoms with Crippen molar-refractivity contribution in [3.63, 3.8) is 0 Å². The van der Waals surface area contributed by atoms with Gasteiger partial charge in [0.2, 0.25) is 0 Å². The Labute approximate surface area is 161 Å². The monoisotopic (exact) mass is 362 g/mol. The SMILES string of the molecule is CCC[C@@H](C)[C@H]1CC[C@H]2[C@@H]3CCC4CCCC(O)(O)[C@]4(C)[C@H]3CC[C@]12C. The molecule has 2 N–H and O–H groups in total. The smallest absolute Gasteiger partial charge is 0.168 e. The molecule has 0 bridgehead atoms. The maximum absolute atomic E-state index is 11.0. The van der Waals surface area contributed by atoms with Gasteiger partial charge in [-0.25, -0.2) is 0 Å². The molecule has 0 heterocycles. The zero-order chi connectivity index (χ0) is 18.7. The normalized spacial score (nSPS) is 51.2. The topological polar surface area (TPSA) is 40.5 Å². The summed E-state index contributed by atoms with van der Waals surface area (Å²) in [5.41, 5.74) is 0.226. The summed E-state index contributed by atoms with van der Waals surface area (Å²) in [5, 5.41) is 22.1. The van der Waals surface area contributed by atoms with Crippen LogP contribution < -0.4 is 0 Å². The third-order valence-electron chi connectivity index (χ3n) is 10.3. The Hall–Kier alpha value is -0.0800. The van der Waals surface area contributed by atoms with Crippen molar-refractivity contribution >= 4 is 0 Å². The number of aliphatic hydroxyl groups is 2. The van der Waals surface area contributed by atoms with E-state index in [2.05, 4.69) is 27.7 Å². The van der Waals surface area contributed by atoms with E-state index < -0.39 is 5.79 Å². The molecular weight excluding hydrogens is 320 g/mol. The minimum Gasteiger partial charge on any atom is -0.365 e. The molecule has 2 nitrogen and oxygen atoms in total. The number of hydrogen-bond acceptors (Lipinski definition) is 2. The van der Waals surface area contributed by atoms with Gasteiger partial charge < -0.3 is 10.2 Å². The minimum absolute atomic E-state index is 0.275. The van der Waals surface area contributed by atoms with Gasteiger partial charge in [-0.3, -0.25) is 0 Å². The van der Waals surface area contributed by atoms with Crippen molar-refractivity contribution in [1.82, 2.24) is 0 Å². The van der Waals surface area contributed by atoms with Gasteiger partial charge in [0.25, 0.3) is 0 Å². The van der Waals surface area contributed by atoms with Crippen LogP contribution in [0, 0.1) is 46.3 Å². The molecule has 4 saturated carbocycles. The van der Waals surface area contributed by atoms with Gasteiger partial charge in [-0.05, 0) is 92.3 Å². The summed E-state index contributed by atoms with van der Waals surface area (Å²) in [6.07, 6.45) is 13.4. The first kappa shape index (κ1) is 19.2. The molecule has 4 aliphatic rings. The molecule has 0 aromatic carbocycles. The van der Waals surface area contributed by atoms with Crippen LogP contribution in [0.5, 0.6) is 0 Å². The molecule has 0 radical (unpaired) electrons. The molecule has 0 amide bonds.